The van der Waals surface area contributed by atoms with E-state index in [2.05, 4.69) is 15.0 Å². The lowest BCUT2D eigenvalue weighted by Gasteiger charge is -2.34. The van der Waals surface area contributed by atoms with Gasteiger partial charge in [0, 0.05) is 43.6 Å². The second kappa shape index (κ2) is 9.89. The van der Waals surface area contributed by atoms with E-state index in [1.165, 1.54) is 24.5 Å². The number of hydrogen-bond acceptors (Lipinski definition) is 5. The molecular formula is C17H22Cl2N4O3S. The molecule has 1 aromatic heterocycles. The Morgan fingerprint density at radius 3 is 2.37 bits per heavy atom. The number of sulfonamides is 1. The Morgan fingerprint density at radius 1 is 1.15 bits per heavy atom. The van der Waals surface area contributed by atoms with Gasteiger partial charge in [-0.3, -0.25) is 14.5 Å². The van der Waals surface area contributed by atoms with Crippen LogP contribution in [0.4, 0.5) is 5.69 Å². The van der Waals surface area contributed by atoms with Gasteiger partial charge < -0.3 is 10.2 Å². The van der Waals surface area contributed by atoms with Crippen molar-refractivity contribution in [2.24, 2.45) is 0 Å². The zero-order valence-electron chi connectivity index (χ0n) is 14.7. The number of halogens is 2. The molecule has 1 aliphatic rings. The molecule has 1 aliphatic heterocycles. The molecule has 2 N–H and O–H groups in total. The number of benzene rings is 1. The van der Waals surface area contributed by atoms with Crippen LogP contribution >= 0.6 is 24.8 Å². The number of amides is 1. The zero-order chi connectivity index (χ0) is 17.9. The van der Waals surface area contributed by atoms with Crippen molar-refractivity contribution in [3.05, 3.63) is 54.4 Å². The molecule has 2 heterocycles. The summed E-state index contributed by atoms with van der Waals surface area (Å²) in [6.07, 6.45) is 3.02. The molecule has 10 heteroatoms. The van der Waals surface area contributed by atoms with Gasteiger partial charge in [-0.25, -0.2) is 8.42 Å². The molecule has 27 heavy (non-hydrogen) atoms. The van der Waals surface area contributed by atoms with Gasteiger partial charge in [-0.1, -0.05) is 0 Å². The summed E-state index contributed by atoms with van der Waals surface area (Å²) in [6, 6.07) is 9.25. The summed E-state index contributed by atoms with van der Waals surface area (Å²) >= 11 is 0. The highest BCUT2D eigenvalue weighted by atomic mass is 35.5. The van der Waals surface area contributed by atoms with E-state index < -0.39 is 10.0 Å². The van der Waals surface area contributed by atoms with Gasteiger partial charge in [0.05, 0.1) is 10.6 Å². The number of pyridine rings is 1. The lowest BCUT2D eigenvalue weighted by Crippen LogP contribution is -2.52. The summed E-state index contributed by atoms with van der Waals surface area (Å²) in [6.45, 7) is 4.15. The fourth-order valence-electron chi connectivity index (χ4n) is 2.72. The molecule has 0 spiro atoms. The quantitative estimate of drug-likeness (QED) is 0.771. The molecule has 1 unspecified atom stereocenters. The Balaban J connectivity index is 0.00000182. The normalized spacial score (nSPS) is 16.6. The van der Waals surface area contributed by atoms with Crippen LogP contribution in [-0.4, -0.2) is 49.9 Å². The van der Waals surface area contributed by atoms with Crippen molar-refractivity contribution in [1.82, 2.24) is 15.2 Å². The lowest BCUT2D eigenvalue weighted by molar-refractivity contribution is 0.0655. The summed E-state index contributed by atoms with van der Waals surface area (Å²) in [7, 11) is -3.70. The molecule has 0 saturated carbocycles. The van der Waals surface area contributed by atoms with Gasteiger partial charge in [-0.2, -0.15) is 0 Å². The molecule has 148 valence electrons. The highest BCUT2D eigenvalue weighted by Gasteiger charge is 2.24. The van der Waals surface area contributed by atoms with Crippen molar-refractivity contribution in [3.8, 4) is 0 Å². The maximum atomic E-state index is 12.6. The van der Waals surface area contributed by atoms with Crippen LogP contribution in [0.5, 0.6) is 0 Å². The van der Waals surface area contributed by atoms with Crippen molar-refractivity contribution in [2.75, 3.05) is 24.4 Å². The fourth-order valence-corrected chi connectivity index (χ4v) is 3.78. The third kappa shape index (κ3) is 5.55. The van der Waals surface area contributed by atoms with Crippen LogP contribution in [0.1, 0.15) is 17.3 Å². The molecule has 1 saturated heterocycles. The van der Waals surface area contributed by atoms with Crippen LogP contribution in [0, 0.1) is 0 Å². The smallest absolute Gasteiger partial charge is 0.261 e. The van der Waals surface area contributed by atoms with Crippen LogP contribution in [-0.2, 0) is 10.0 Å². The Kier molecular flexibility index (Phi) is 8.49. The number of piperazine rings is 1. The molecule has 1 atom stereocenters. The molecule has 0 aliphatic carbocycles. The first kappa shape index (κ1) is 23.2. The maximum Gasteiger partial charge on any atom is 0.261 e. The largest absolute Gasteiger partial charge is 0.333 e. The number of carbonyl (C=O) groups excluding carboxylic acids is 1. The second-order valence-electron chi connectivity index (χ2n) is 5.92. The molecule has 3 rings (SSSR count). The Bertz CT molecular complexity index is 848. The summed E-state index contributed by atoms with van der Waals surface area (Å²) in [5, 5.41) is 3.24. The SMILES string of the molecule is CC1CNCCN1C(=O)c1ccc(S(=O)(=O)Nc2ccncc2)cc1.Cl.Cl. The van der Waals surface area contributed by atoms with E-state index in [0.29, 0.717) is 17.8 Å². The molecule has 0 bridgehead atoms. The minimum absolute atomic E-state index is 0. The summed E-state index contributed by atoms with van der Waals surface area (Å²) in [5.74, 6) is -0.0833. The van der Waals surface area contributed by atoms with Gasteiger partial charge in [-0.05, 0) is 43.3 Å². The van der Waals surface area contributed by atoms with E-state index in [1.54, 1.807) is 29.2 Å². The van der Waals surface area contributed by atoms with E-state index in [-0.39, 0.29) is 41.7 Å². The van der Waals surface area contributed by atoms with Gasteiger partial charge in [0.25, 0.3) is 15.9 Å². The van der Waals surface area contributed by atoms with E-state index in [9.17, 15) is 13.2 Å². The molecule has 0 radical (unpaired) electrons. The van der Waals surface area contributed by atoms with Gasteiger partial charge in [-0.15, -0.1) is 24.8 Å². The molecule has 2 aromatic rings. The third-order valence-electron chi connectivity index (χ3n) is 4.11. The number of hydrogen-bond donors (Lipinski definition) is 2. The number of nitrogens with one attached hydrogen (secondary N) is 2. The van der Waals surface area contributed by atoms with Gasteiger partial charge in [0.1, 0.15) is 0 Å². The molecule has 1 amide bonds. The Labute approximate surface area is 171 Å². The number of carbonyl (C=O) groups is 1. The second-order valence-corrected chi connectivity index (χ2v) is 7.60. The Morgan fingerprint density at radius 2 is 1.78 bits per heavy atom. The average molecular weight is 433 g/mol. The zero-order valence-corrected chi connectivity index (χ0v) is 17.1. The predicted molar refractivity (Wildman–Crippen MR) is 109 cm³/mol. The highest BCUT2D eigenvalue weighted by molar-refractivity contribution is 7.92. The van der Waals surface area contributed by atoms with E-state index in [1.807, 2.05) is 6.92 Å². The minimum atomic E-state index is -3.70. The maximum absolute atomic E-state index is 12.6. The van der Waals surface area contributed by atoms with Crippen LogP contribution in [0.3, 0.4) is 0 Å². The predicted octanol–water partition coefficient (Wildman–Crippen LogP) is 2.16. The molecule has 7 nitrogen and oxygen atoms in total. The Hall–Kier alpha value is -1.87. The van der Waals surface area contributed by atoms with Gasteiger partial charge in [0.15, 0.2) is 0 Å². The number of anilines is 1. The van der Waals surface area contributed by atoms with Crippen molar-refractivity contribution in [1.29, 1.82) is 0 Å². The van der Waals surface area contributed by atoms with E-state index in [0.717, 1.165) is 13.1 Å². The highest BCUT2D eigenvalue weighted by Crippen LogP contribution is 2.17. The first-order chi connectivity index (χ1) is 12.0. The first-order valence-electron chi connectivity index (χ1n) is 8.02. The van der Waals surface area contributed by atoms with Crippen molar-refractivity contribution < 1.29 is 13.2 Å². The van der Waals surface area contributed by atoms with Gasteiger partial charge in [0.2, 0.25) is 0 Å². The third-order valence-corrected chi connectivity index (χ3v) is 5.50. The monoisotopic (exact) mass is 432 g/mol. The summed E-state index contributed by atoms with van der Waals surface area (Å²) < 4.78 is 27.3. The van der Waals surface area contributed by atoms with E-state index in [4.69, 9.17) is 0 Å². The molecule has 1 fully saturated rings. The number of nitrogens with zero attached hydrogens (tertiary/aromatic N) is 2. The minimum Gasteiger partial charge on any atom is -0.333 e. The van der Waals surface area contributed by atoms with Crippen LogP contribution in [0.25, 0.3) is 0 Å². The summed E-state index contributed by atoms with van der Waals surface area (Å²) in [4.78, 5) is 18.3. The standard InChI is InChI=1S/C17H20N4O3S.2ClH/c1-13-12-19-10-11-21(13)17(22)14-2-4-16(5-3-14)25(23,24)20-15-6-8-18-9-7-15;;/h2-9,13,19H,10-12H2,1H3,(H,18,20);2*1H. The van der Waals surface area contributed by atoms with Crippen molar-refractivity contribution >= 4 is 46.4 Å². The van der Waals surface area contributed by atoms with Crippen LogP contribution in [0.2, 0.25) is 0 Å². The fraction of sp³-hybridized carbons (Fsp3) is 0.294. The average Bonchev–Trinajstić information content (AvgIpc) is 2.62. The summed E-state index contributed by atoms with van der Waals surface area (Å²) in [5.41, 5.74) is 0.918. The molecule has 1 aromatic carbocycles. The van der Waals surface area contributed by atoms with Gasteiger partial charge >= 0.3 is 0 Å². The lowest BCUT2D eigenvalue weighted by atomic mass is 10.1. The first-order valence-corrected chi connectivity index (χ1v) is 9.50. The number of aromatic nitrogens is 1. The van der Waals surface area contributed by atoms with Crippen LogP contribution < -0.4 is 10.0 Å². The molecular weight excluding hydrogens is 411 g/mol. The topological polar surface area (TPSA) is 91.4 Å². The van der Waals surface area contributed by atoms with Crippen molar-refractivity contribution in [3.63, 3.8) is 0 Å². The van der Waals surface area contributed by atoms with Crippen molar-refractivity contribution in [2.45, 2.75) is 17.9 Å². The number of rotatable bonds is 4. The van der Waals surface area contributed by atoms with Crippen LogP contribution in [0.15, 0.2) is 53.7 Å². The van der Waals surface area contributed by atoms with E-state index >= 15 is 0 Å².